The van der Waals surface area contributed by atoms with Crippen LogP contribution < -0.4 is 0 Å². The molecule has 4 aliphatic rings. The second kappa shape index (κ2) is 2.65. The van der Waals surface area contributed by atoms with Crippen molar-refractivity contribution in [3.8, 4) is 0 Å². The van der Waals surface area contributed by atoms with Gasteiger partial charge in [-0.05, 0) is 48.9 Å². The Hall–Kier alpha value is -0.320. The topological polar surface area (TPSA) is 26.3 Å². The van der Waals surface area contributed by atoms with Crippen LogP contribution in [0, 0.1) is 28.6 Å². The molecule has 0 aromatic heterocycles. The van der Waals surface area contributed by atoms with Gasteiger partial charge in [-0.1, -0.05) is 0 Å². The predicted molar refractivity (Wildman–Crippen MR) is 58.7 cm³/mol. The third kappa shape index (κ3) is 0.913. The second-order valence-corrected chi connectivity index (χ2v) is 6.88. The highest BCUT2D eigenvalue weighted by atomic mass is 32.1. The molecular formula is C12H14F2O2S. The van der Waals surface area contributed by atoms with Gasteiger partial charge in [0, 0.05) is 0 Å². The largest absolute Gasteiger partial charge is 0.458 e. The molecule has 1 spiro atoms. The van der Waals surface area contributed by atoms with E-state index in [1.807, 2.05) is 0 Å². The number of carbonyl (C=O) groups is 1. The first-order chi connectivity index (χ1) is 7.90. The van der Waals surface area contributed by atoms with Gasteiger partial charge in [-0.15, -0.1) is 12.6 Å². The Morgan fingerprint density at radius 2 is 1.88 bits per heavy atom. The number of esters is 1. The number of hydrogen-bond donors (Lipinski definition) is 1. The molecule has 0 N–H and O–H groups in total. The van der Waals surface area contributed by atoms with Crippen molar-refractivity contribution in [2.75, 3.05) is 6.61 Å². The highest BCUT2D eigenvalue weighted by Gasteiger charge is 2.90. The number of hydrogen-bond acceptors (Lipinski definition) is 3. The molecule has 2 atom stereocenters. The van der Waals surface area contributed by atoms with E-state index in [1.165, 1.54) is 12.8 Å². The van der Waals surface area contributed by atoms with E-state index in [-0.39, 0.29) is 16.8 Å². The highest BCUT2D eigenvalue weighted by Crippen LogP contribution is 2.93. The molecule has 17 heavy (non-hydrogen) atoms. The zero-order valence-electron chi connectivity index (χ0n) is 9.29. The number of thiol groups is 1. The van der Waals surface area contributed by atoms with Crippen molar-refractivity contribution in [2.24, 2.45) is 28.6 Å². The van der Waals surface area contributed by atoms with E-state index in [1.54, 1.807) is 0 Å². The van der Waals surface area contributed by atoms with Gasteiger partial charge in [0.1, 0.15) is 0 Å². The van der Waals surface area contributed by atoms with Gasteiger partial charge >= 0.3 is 11.2 Å². The molecule has 0 aliphatic heterocycles. The maximum atomic E-state index is 12.6. The van der Waals surface area contributed by atoms with Crippen LogP contribution >= 0.6 is 12.6 Å². The maximum Gasteiger partial charge on any atom is 0.324 e. The number of halogens is 2. The van der Waals surface area contributed by atoms with Gasteiger partial charge < -0.3 is 4.74 Å². The van der Waals surface area contributed by atoms with Crippen molar-refractivity contribution in [2.45, 2.75) is 30.9 Å². The minimum Gasteiger partial charge on any atom is -0.458 e. The standard InChI is InChI=1S/C12H14F2O2S/c13-11(14,17)5-16-9(15)10-3-7-1-6-2-8(4-10)12(6,7)10/h6-8,17H,1-5H2. The van der Waals surface area contributed by atoms with Crippen molar-refractivity contribution < 1.29 is 18.3 Å². The third-order valence-corrected chi connectivity index (χ3v) is 6.08. The lowest BCUT2D eigenvalue weighted by molar-refractivity contribution is -0.418. The van der Waals surface area contributed by atoms with Crippen LogP contribution in [0.3, 0.4) is 0 Å². The SMILES string of the molecule is O=C(OCC(F)(F)S)C12CC3CC4CC(C1)C432. The number of carbonyl (C=O) groups excluding carboxylic acids is 1. The Morgan fingerprint density at radius 3 is 2.29 bits per heavy atom. The molecule has 0 radical (unpaired) electrons. The van der Waals surface area contributed by atoms with E-state index in [0.717, 1.165) is 12.8 Å². The van der Waals surface area contributed by atoms with Crippen LogP contribution in [0.4, 0.5) is 8.78 Å². The molecule has 0 amide bonds. The van der Waals surface area contributed by atoms with Gasteiger partial charge in [-0.25, -0.2) is 0 Å². The number of rotatable bonds is 3. The van der Waals surface area contributed by atoms with E-state index in [9.17, 15) is 13.6 Å². The quantitative estimate of drug-likeness (QED) is 0.623. The zero-order valence-corrected chi connectivity index (χ0v) is 10.2. The first-order valence-electron chi connectivity index (χ1n) is 6.17. The lowest BCUT2D eigenvalue weighted by Gasteiger charge is -2.89. The molecule has 0 aromatic carbocycles. The van der Waals surface area contributed by atoms with E-state index in [4.69, 9.17) is 4.74 Å². The molecular weight excluding hydrogens is 246 g/mol. The summed E-state index contributed by atoms with van der Waals surface area (Å²) in [5.74, 6) is 1.67. The number of alkyl halides is 2. The van der Waals surface area contributed by atoms with Crippen LogP contribution in [0.25, 0.3) is 0 Å². The second-order valence-electron chi connectivity index (χ2n) is 6.23. The molecule has 4 aliphatic carbocycles. The fourth-order valence-corrected chi connectivity index (χ4v) is 5.63. The minimum atomic E-state index is -3.21. The fraction of sp³-hybridized carbons (Fsp3) is 0.917. The minimum absolute atomic E-state index is 0.204. The zero-order chi connectivity index (χ0) is 12.1. The van der Waals surface area contributed by atoms with Gasteiger partial charge in [-0.2, -0.15) is 8.78 Å². The van der Waals surface area contributed by atoms with Crippen LogP contribution in [0.5, 0.6) is 0 Å². The van der Waals surface area contributed by atoms with E-state index in [0.29, 0.717) is 17.8 Å². The van der Waals surface area contributed by atoms with Crippen molar-refractivity contribution in [3.63, 3.8) is 0 Å². The van der Waals surface area contributed by atoms with Gasteiger partial charge in [0.25, 0.3) is 0 Å². The first-order valence-corrected chi connectivity index (χ1v) is 6.62. The Kier molecular flexibility index (Phi) is 1.65. The van der Waals surface area contributed by atoms with Crippen molar-refractivity contribution in [3.05, 3.63) is 0 Å². The molecule has 4 saturated carbocycles. The van der Waals surface area contributed by atoms with Gasteiger partial charge in [0.05, 0.1) is 5.41 Å². The van der Waals surface area contributed by atoms with Crippen molar-refractivity contribution >= 4 is 18.6 Å². The number of ether oxygens (including phenoxy) is 1. The molecule has 94 valence electrons. The lowest BCUT2D eigenvalue weighted by atomic mass is 9.13. The molecule has 4 fully saturated rings. The molecule has 2 unspecified atom stereocenters. The van der Waals surface area contributed by atoms with E-state index in [2.05, 4.69) is 12.6 Å². The average molecular weight is 260 g/mol. The summed E-state index contributed by atoms with van der Waals surface area (Å²) in [6.07, 6.45) is 4.23. The Morgan fingerprint density at radius 1 is 1.29 bits per heavy atom. The molecule has 0 heterocycles. The summed E-state index contributed by atoms with van der Waals surface area (Å²) < 4.78 is 29.9. The third-order valence-electron chi connectivity index (χ3n) is 5.95. The summed E-state index contributed by atoms with van der Waals surface area (Å²) in [6.45, 7) is -0.896. The predicted octanol–water partition coefficient (Wildman–Crippen LogP) is 2.49. The van der Waals surface area contributed by atoms with Gasteiger partial charge in [0.2, 0.25) is 0 Å². The summed E-state index contributed by atoms with van der Waals surface area (Å²) >= 11 is 3.08. The summed E-state index contributed by atoms with van der Waals surface area (Å²) in [7, 11) is 0. The fourth-order valence-electron chi connectivity index (χ4n) is 5.57. The average Bonchev–Trinajstić information content (AvgIpc) is 2.08. The first kappa shape index (κ1) is 10.6. The van der Waals surface area contributed by atoms with Gasteiger partial charge in [0.15, 0.2) is 6.61 Å². The Bertz CT molecular complexity index is 392. The summed E-state index contributed by atoms with van der Waals surface area (Å²) in [5, 5.41) is -3.21. The van der Waals surface area contributed by atoms with Crippen LogP contribution in [0.1, 0.15) is 25.7 Å². The smallest absolute Gasteiger partial charge is 0.324 e. The van der Waals surface area contributed by atoms with Crippen molar-refractivity contribution in [1.29, 1.82) is 0 Å². The molecule has 5 heteroatoms. The van der Waals surface area contributed by atoms with Gasteiger partial charge in [-0.3, -0.25) is 4.79 Å². The summed E-state index contributed by atoms with van der Waals surface area (Å²) in [4.78, 5) is 12.0. The van der Waals surface area contributed by atoms with Crippen LogP contribution in [0.15, 0.2) is 0 Å². The highest BCUT2D eigenvalue weighted by molar-refractivity contribution is 7.81. The molecule has 0 bridgehead atoms. The van der Waals surface area contributed by atoms with E-state index >= 15 is 0 Å². The monoisotopic (exact) mass is 260 g/mol. The van der Waals surface area contributed by atoms with E-state index < -0.39 is 11.9 Å². The van der Waals surface area contributed by atoms with Crippen LogP contribution in [-0.2, 0) is 9.53 Å². The normalized spacial score (nSPS) is 53.0. The maximum absolute atomic E-state index is 12.6. The molecule has 0 aromatic rings. The van der Waals surface area contributed by atoms with Crippen LogP contribution in [-0.4, -0.2) is 17.8 Å². The summed E-state index contributed by atoms with van der Waals surface area (Å²) in [6, 6.07) is 0. The van der Waals surface area contributed by atoms with Crippen molar-refractivity contribution in [1.82, 2.24) is 0 Å². The van der Waals surface area contributed by atoms with Crippen LogP contribution in [0.2, 0.25) is 0 Å². The summed E-state index contributed by atoms with van der Waals surface area (Å²) in [5.41, 5.74) is -0.168. The molecule has 2 nitrogen and oxygen atoms in total. The Labute approximate surface area is 103 Å². The lowest BCUT2D eigenvalue weighted by Crippen LogP contribution is -2.87. The Balaban J connectivity index is 1.48. The molecule has 4 rings (SSSR count). The molecule has 0 saturated heterocycles.